The smallest absolute Gasteiger partial charge is 0.313 e. The molecule has 0 amide bonds. The van der Waals surface area contributed by atoms with E-state index in [1.165, 1.54) is 12.3 Å². The third-order valence-electron chi connectivity index (χ3n) is 1.98. The summed E-state index contributed by atoms with van der Waals surface area (Å²) in [4.78, 5) is 14.2. The van der Waals surface area contributed by atoms with Gasteiger partial charge in [-0.25, -0.2) is 4.98 Å². The fourth-order valence-corrected chi connectivity index (χ4v) is 0.869. The first-order valence-electron chi connectivity index (χ1n) is 3.80. The van der Waals surface area contributed by atoms with Crippen molar-refractivity contribution < 1.29 is 14.3 Å². The molecule has 1 N–H and O–H groups in total. The number of pyridine rings is 1. The van der Waals surface area contributed by atoms with E-state index in [4.69, 9.17) is 5.11 Å². The number of nitrogens with zero attached hydrogens (tertiary/aromatic N) is 1. The molecule has 0 aromatic carbocycles. The summed E-state index contributed by atoms with van der Waals surface area (Å²) in [5, 5.41) is 8.84. The van der Waals surface area contributed by atoms with Crippen molar-refractivity contribution in [3.05, 3.63) is 29.8 Å². The van der Waals surface area contributed by atoms with Gasteiger partial charge in [0.1, 0.15) is 0 Å². The molecule has 0 atom stereocenters. The Kier molecular flexibility index (Phi) is 2.32. The molecule has 0 aliphatic heterocycles. The molecule has 4 heteroatoms. The van der Waals surface area contributed by atoms with E-state index in [2.05, 4.69) is 4.98 Å². The summed E-state index contributed by atoms with van der Waals surface area (Å²) in [5.74, 6) is -1.56. The molecule has 3 nitrogen and oxygen atoms in total. The molecule has 0 unspecified atom stereocenters. The number of aliphatic carboxylic acids is 1. The Bertz CT molecular complexity index is 319. The zero-order valence-electron chi connectivity index (χ0n) is 7.41. The predicted molar refractivity (Wildman–Crippen MR) is 44.9 cm³/mol. The van der Waals surface area contributed by atoms with Crippen LogP contribution in [0.15, 0.2) is 18.3 Å². The quantitative estimate of drug-likeness (QED) is 0.708. The van der Waals surface area contributed by atoms with Crippen LogP contribution in [-0.2, 0) is 10.2 Å². The standard InChI is InChI=1S/C9H10FNO2/c1-9(2,8(12)13)6-3-4-7(10)11-5-6/h3-5H,1-2H3,(H,12,13). The fraction of sp³-hybridized carbons (Fsp3) is 0.333. The van der Waals surface area contributed by atoms with Crippen LogP contribution in [0.2, 0.25) is 0 Å². The van der Waals surface area contributed by atoms with Crippen LogP contribution in [-0.4, -0.2) is 16.1 Å². The normalized spacial score (nSPS) is 11.3. The van der Waals surface area contributed by atoms with Gasteiger partial charge in [-0.15, -0.1) is 0 Å². The second kappa shape index (κ2) is 3.12. The molecule has 1 heterocycles. The number of carboxylic acid groups (broad SMARTS) is 1. The summed E-state index contributed by atoms with van der Waals surface area (Å²) in [7, 11) is 0. The monoisotopic (exact) mass is 183 g/mol. The Morgan fingerprint density at radius 3 is 2.54 bits per heavy atom. The summed E-state index contributed by atoms with van der Waals surface area (Å²) in [6.07, 6.45) is 1.24. The van der Waals surface area contributed by atoms with Gasteiger partial charge in [0.2, 0.25) is 5.95 Å². The largest absolute Gasteiger partial charge is 0.481 e. The molecule has 0 fully saturated rings. The van der Waals surface area contributed by atoms with Crippen LogP contribution in [0.3, 0.4) is 0 Å². The Morgan fingerprint density at radius 1 is 1.54 bits per heavy atom. The maximum atomic E-state index is 12.4. The average Bonchev–Trinajstić information content (AvgIpc) is 2.04. The minimum Gasteiger partial charge on any atom is -0.481 e. The third kappa shape index (κ3) is 1.83. The summed E-state index contributed by atoms with van der Waals surface area (Å²) >= 11 is 0. The highest BCUT2D eigenvalue weighted by Crippen LogP contribution is 2.22. The Balaban J connectivity index is 3.08. The molecule has 0 spiro atoms. The first-order chi connectivity index (χ1) is 5.94. The van der Waals surface area contributed by atoms with Crippen molar-refractivity contribution in [3.8, 4) is 0 Å². The van der Waals surface area contributed by atoms with E-state index in [0.717, 1.165) is 6.07 Å². The molecule has 0 radical (unpaired) electrons. The van der Waals surface area contributed by atoms with E-state index in [0.29, 0.717) is 5.56 Å². The molecule has 1 rings (SSSR count). The summed E-state index contributed by atoms with van der Waals surface area (Å²) in [6.45, 7) is 3.09. The van der Waals surface area contributed by atoms with Crippen LogP contribution in [0.4, 0.5) is 4.39 Å². The molecule has 0 bridgehead atoms. The van der Waals surface area contributed by atoms with Crippen LogP contribution in [0, 0.1) is 5.95 Å². The number of hydrogen-bond donors (Lipinski definition) is 1. The second-order valence-corrected chi connectivity index (χ2v) is 3.30. The molecule has 70 valence electrons. The van der Waals surface area contributed by atoms with Crippen molar-refractivity contribution in [2.75, 3.05) is 0 Å². The summed E-state index contributed by atoms with van der Waals surface area (Å²) < 4.78 is 12.4. The van der Waals surface area contributed by atoms with E-state index in [-0.39, 0.29) is 0 Å². The van der Waals surface area contributed by atoms with Gasteiger partial charge in [0.15, 0.2) is 0 Å². The van der Waals surface area contributed by atoms with Gasteiger partial charge in [-0.3, -0.25) is 4.79 Å². The van der Waals surface area contributed by atoms with Gasteiger partial charge in [0, 0.05) is 6.20 Å². The molecule has 0 saturated heterocycles. The van der Waals surface area contributed by atoms with Crippen molar-refractivity contribution in [3.63, 3.8) is 0 Å². The molecule has 13 heavy (non-hydrogen) atoms. The molecule has 1 aromatic rings. The molecule has 0 aliphatic rings. The predicted octanol–water partition coefficient (Wildman–Crippen LogP) is 1.58. The zero-order valence-corrected chi connectivity index (χ0v) is 7.41. The Morgan fingerprint density at radius 2 is 2.15 bits per heavy atom. The number of rotatable bonds is 2. The SMILES string of the molecule is CC(C)(C(=O)O)c1ccc(F)nc1. The van der Waals surface area contributed by atoms with Gasteiger partial charge in [-0.1, -0.05) is 6.07 Å². The van der Waals surface area contributed by atoms with Crippen LogP contribution in [0.25, 0.3) is 0 Å². The highest BCUT2D eigenvalue weighted by atomic mass is 19.1. The lowest BCUT2D eigenvalue weighted by Gasteiger charge is -2.18. The first kappa shape index (κ1) is 9.64. The van der Waals surface area contributed by atoms with Gasteiger partial charge < -0.3 is 5.11 Å². The molecular formula is C9H10FNO2. The van der Waals surface area contributed by atoms with Gasteiger partial charge in [0.05, 0.1) is 5.41 Å². The average molecular weight is 183 g/mol. The van der Waals surface area contributed by atoms with Crippen LogP contribution in [0.5, 0.6) is 0 Å². The number of carboxylic acids is 1. The lowest BCUT2D eigenvalue weighted by atomic mass is 9.86. The molecule has 0 saturated carbocycles. The van der Waals surface area contributed by atoms with Gasteiger partial charge in [0.25, 0.3) is 0 Å². The first-order valence-corrected chi connectivity index (χ1v) is 3.80. The van der Waals surface area contributed by atoms with Crippen molar-refractivity contribution >= 4 is 5.97 Å². The van der Waals surface area contributed by atoms with Crippen molar-refractivity contribution in [2.45, 2.75) is 19.3 Å². The van der Waals surface area contributed by atoms with E-state index in [1.807, 2.05) is 0 Å². The van der Waals surface area contributed by atoms with E-state index >= 15 is 0 Å². The highest BCUT2D eigenvalue weighted by molar-refractivity contribution is 5.80. The summed E-state index contributed by atoms with van der Waals surface area (Å²) in [5.41, 5.74) is -0.540. The van der Waals surface area contributed by atoms with Gasteiger partial charge >= 0.3 is 5.97 Å². The zero-order chi connectivity index (χ0) is 10.1. The van der Waals surface area contributed by atoms with E-state index in [1.54, 1.807) is 13.8 Å². The molecule has 1 aromatic heterocycles. The lowest BCUT2D eigenvalue weighted by Crippen LogP contribution is -2.28. The fourth-order valence-electron chi connectivity index (χ4n) is 0.869. The summed E-state index contributed by atoms with van der Waals surface area (Å²) in [6, 6.07) is 2.58. The number of halogens is 1. The maximum Gasteiger partial charge on any atom is 0.313 e. The van der Waals surface area contributed by atoms with E-state index < -0.39 is 17.3 Å². The van der Waals surface area contributed by atoms with Crippen molar-refractivity contribution in [2.24, 2.45) is 0 Å². The number of aromatic nitrogens is 1. The highest BCUT2D eigenvalue weighted by Gasteiger charge is 2.29. The number of hydrogen-bond acceptors (Lipinski definition) is 2. The number of carbonyl (C=O) groups is 1. The third-order valence-corrected chi connectivity index (χ3v) is 1.98. The molecular weight excluding hydrogens is 173 g/mol. The topological polar surface area (TPSA) is 50.2 Å². The Labute approximate surface area is 75.2 Å². The second-order valence-electron chi connectivity index (χ2n) is 3.30. The van der Waals surface area contributed by atoms with Crippen LogP contribution >= 0.6 is 0 Å². The van der Waals surface area contributed by atoms with Gasteiger partial charge in [-0.2, -0.15) is 4.39 Å². The molecule has 0 aliphatic carbocycles. The van der Waals surface area contributed by atoms with Crippen LogP contribution < -0.4 is 0 Å². The maximum absolute atomic E-state index is 12.4. The van der Waals surface area contributed by atoms with Gasteiger partial charge in [-0.05, 0) is 25.5 Å². The van der Waals surface area contributed by atoms with Crippen molar-refractivity contribution in [1.29, 1.82) is 0 Å². The Hall–Kier alpha value is -1.45. The minimum absolute atomic E-state index is 0.487. The van der Waals surface area contributed by atoms with Crippen molar-refractivity contribution in [1.82, 2.24) is 4.98 Å². The van der Waals surface area contributed by atoms with Crippen LogP contribution in [0.1, 0.15) is 19.4 Å². The lowest BCUT2D eigenvalue weighted by molar-refractivity contribution is -0.142. The minimum atomic E-state index is -1.03. The van der Waals surface area contributed by atoms with E-state index in [9.17, 15) is 9.18 Å².